The first-order chi connectivity index (χ1) is 10.9. The lowest BCUT2D eigenvalue weighted by Crippen LogP contribution is -2.43. The van der Waals surface area contributed by atoms with Gasteiger partial charge in [0.05, 0.1) is 23.4 Å². The molecule has 1 saturated carbocycles. The number of carbonyl (C=O) groups is 3. The first-order valence-electron chi connectivity index (χ1n) is 8.07. The van der Waals surface area contributed by atoms with Crippen LogP contribution < -0.4 is 4.90 Å². The van der Waals surface area contributed by atoms with Gasteiger partial charge in [0.2, 0.25) is 17.7 Å². The van der Waals surface area contributed by atoms with E-state index in [9.17, 15) is 14.4 Å². The Morgan fingerprint density at radius 1 is 1.04 bits per heavy atom. The second-order valence-electron chi connectivity index (χ2n) is 6.79. The predicted octanol–water partition coefficient (Wildman–Crippen LogP) is 1.93. The summed E-state index contributed by atoms with van der Waals surface area (Å²) in [4.78, 5) is 41.1. The quantitative estimate of drug-likeness (QED) is 0.784. The van der Waals surface area contributed by atoms with Crippen LogP contribution in [0.25, 0.3) is 0 Å². The molecule has 0 radical (unpaired) electrons. The minimum Gasteiger partial charge on any atom is -0.349 e. The summed E-state index contributed by atoms with van der Waals surface area (Å²) in [6.07, 6.45) is 1.47. The first-order valence-corrected chi connectivity index (χ1v) is 8.07. The average Bonchev–Trinajstić information content (AvgIpc) is 2.80. The lowest BCUT2D eigenvalue weighted by atomic mass is 9.68. The van der Waals surface area contributed by atoms with E-state index in [1.165, 1.54) is 9.80 Å². The van der Waals surface area contributed by atoms with Crippen molar-refractivity contribution in [3.05, 3.63) is 30.3 Å². The molecule has 0 bridgehead atoms. The van der Waals surface area contributed by atoms with E-state index < -0.39 is 11.8 Å². The number of hydrogen-bond donors (Lipinski definition) is 0. The molecule has 23 heavy (non-hydrogen) atoms. The number of benzene rings is 1. The van der Waals surface area contributed by atoms with Crippen LogP contribution in [0.15, 0.2) is 30.3 Å². The summed E-state index contributed by atoms with van der Waals surface area (Å²) >= 11 is 0. The summed E-state index contributed by atoms with van der Waals surface area (Å²) in [7, 11) is 3.40. The number of imide groups is 1. The highest BCUT2D eigenvalue weighted by atomic mass is 16.2. The largest absolute Gasteiger partial charge is 0.349 e. The van der Waals surface area contributed by atoms with E-state index in [0.29, 0.717) is 12.1 Å². The standard InChI is InChI=1S/C18H22N2O3/c1-11-9-10-13(16(21)19(2)3)15-14(11)17(22)20(18(15)23)12-7-5-4-6-8-12/h4-8,11,13-15H,9-10H2,1-3H3. The zero-order valence-electron chi connectivity index (χ0n) is 13.7. The minimum atomic E-state index is -0.527. The fourth-order valence-electron chi connectivity index (χ4n) is 3.98. The van der Waals surface area contributed by atoms with Crippen LogP contribution in [0.2, 0.25) is 0 Å². The lowest BCUT2D eigenvalue weighted by molar-refractivity contribution is -0.142. The highest BCUT2D eigenvalue weighted by molar-refractivity contribution is 6.23. The molecule has 0 N–H and O–H groups in total. The van der Waals surface area contributed by atoms with Gasteiger partial charge in [0, 0.05) is 14.1 Å². The summed E-state index contributed by atoms with van der Waals surface area (Å²) in [6, 6.07) is 9.00. The molecule has 1 aliphatic carbocycles. The van der Waals surface area contributed by atoms with E-state index in [0.717, 1.165) is 6.42 Å². The van der Waals surface area contributed by atoms with Gasteiger partial charge >= 0.3 is 0 Å². The van der Waals surface area contributed by atoms with Crippen molar-refractivity contribution >= 4 is 23.4 Å². The number of anilines is 1. The van der Waals surface area contributed by atoms with Crippen molar-refractivity contribution < 1.29 is 14.4 Å². The van der Waals surface area contributed by atoms with E-state index >= 15 is 0 Å². The molecular formula is C18H22N2O3. The van der Waals surface area contributed by atoms with E-state index in [-0.39, 0.29) is 29.6 Å². The second-order valence-corrected chi connectivity index (χ2v) is 6.79. The van der Waals surface area contributed by atoms with Crippen molar-refractivity contribution in [1.29, 1.82) is 0 Å². The maximum Gasteiger partial charge on any atom is 0.238 e. The first kappa shape index (κ1) is 15.7. The van der Waals surface area contributed by atoms with Crippen LogP contribution in [0.3, 0.4) is 0 Å². The number of rotatable bonds is 2. The molecule has 1 aromatic carbocycles. The summed E-state index contributed by atoms with van der Waals surface area (Å²) in [5, 5.41) is 0. The van der Waals surface area contributed by atoms with Crippen molar-refractivity contribution in [2.45, 2.75) is 19.8 Å². The van der Waals surface area contributed by atoms with Crippen LogP contribution >= 0.6 is 0 Å². The van der Waals surface area contributed by atoms with Gasteiger partial charge in [0.25, 0.3) is 0 Å². The third-order valence-electron chi connectivity index (χ3n) is 5.15. The molecule has 3 amide bonds. The fourth-order valence-corrected chi connectivity index (χ4v) is 3.98. The van der Waals surface area contributed by atoms with Crippen LogP contribution in [-0.2, 0) is 14.4 Å². The molecule has 3 rings (SSSR count). The number of carbonyl (C=O) groups excluding carboxylic acids is 3. The van der Waals surface area contributed by atoms with Crippen molar-refractivity contribution in [1.82, 2.24) is 4.90 Å². The topological polar surface area (TPSA) is 57.7 Å². The Kier molecular flexibility index (Phi) is 3.96. The zero-order chi connectivity index (χ0) is 16.7. The fraction of sp³-hybridized carbons (Fsp3) is 0.500. The number of para-hydroxylation sites is 1. The Morgan fingerprint density at radius 2 is 1.65 bits per heavy atom. The van der Waals surface area contributed by atoms with Crippen molar-refractivity contribution in [2.75, 3.05) is 19.0 Å². The van der Waals surface area contributed by atoms with Crippen LogP contribution in [0.4, 0.5) is 5.69 Å². The van der Waals surface area contributed by atoms with Crippen molar-refractivity contribution in [3.63, 3.8) is 0 Å². The molecule has 2 aliphatic rings. The summed E-state index contributed by atoms with van der Waals surface area (Å²) < 4.78 is 0. The molecule has 5 nitrogen and oxygen atoms in total. The van der Waals surface area contributed by atoms with Crippen molar-refractivity contribution in [3.8, 4) is 0 Å². The summed E-state index contributed by atoms with van der Waals surface area (Å²) in [5.41, 5.74) is 0.597. The second kappa shape index (κ2) is 5.80. The SMILES string of the molecule is CC1CCC(C(=O)N(C)C)C2C(=O)N(c3ccccc3)C(=O)C12. The summed E-state index contributed by atoms with van der Waals surface area (Å²) in [6.45, 7) is 2.01. The normalized spacial score (nSPS) is 30.3. The zero-order valence-corrected chi connectivity index (χ0v) is 13.7. The molecule has 2 fully saturated rings. The molecule has 4 unspecified atom stereocenters. The molecule has 5 heteroatoms. The third-order valence-corrected chi connectivity index (χ3v) is 5.15. The van der Waals surface area contributed by atoms with Gasteiger partial charge < -0.3 is 4.90 Å². The Balaban J connectivity index is 2.00. The Morgan fingerprint density at radius 3 is 2.26 bits per heavy atom. The molecule has 1 saturated heterocycles. The lowest BCUT2D eigenvalue weighted by Gasteiger charge is -2.35. The molecule has 4 atom stereocenters. The molecule has 1 aromatic rings. The van der Waals surface area contributed by atoms with E-state index in [1.807, 2.05) is 25.1 Å². The van der Waals surface area contributed by atoms with Gasteiger partial charge in [-0.05, 0) is 30.9 Å². The molecular weight excluding hydrogens is 292 g/mol. The van der Waals surface area contributed by atoms with E-state index in [4.69, 9.17) is 0 Å². The average molecular weight is 314 g/mol. The molecule has 122 valence electrons. The Labute approximate surface area is 136 Å². The van der Waals surface area contributed by atoms with Crippen LogP contribution in [0, 0.1) is 23.7 Å². The van der Waals surface area contributed by atoms with E-state index in [2.05, 4.69) is 0 Å². The molecule has 0 aromatic heterocycles. The highest BCUT2D eigenvalue weighted by Gasteiger charge is 2.57. The van der Waals surface area contributed by atoms with Gasteiger partial charge in [0.15, 0.2) is 0 Å². The Hall–Kier alpha value is -2.17. The predicted molar refractivity (Wildman–Crippen MR) is 86.5 cm³/mol. The van der Waals surface area contributed by atoms with Crippen LogP contribution in [0.1, 0.15) is 19.8 Å². The van der Waals surface area contributed by atoms with Gasteiger partial charge in [-0.15, -0.1) is 0 Å². The number of hydrogen-bond acceptors (Lipinski definition) is 3. The number of fused-ring (bicyclic) bond motifs is 1. The number of nitrogens with zero attached hydrogens (tertiary/aromatic N) is 2. The van der Waals surface area contributed by atoms with Crippen LogP contribution in [0.5, 0.6) is 0 Å². The molecule has 1 heterocycles. The summed E-state index contributed by atoms with van der Waals surface area (Å²) in [5.74, 6) is -1.62. The highest BCUT2D eigenvalue weighted by Crippen LogP contribution is 2.46. The molecule has 1 aliphatic heterocycles. The number of amides is 3. The van der Waals surface area contributed by atoms with Gasteiger partial charge in [-0.25, -0.2) is 0 Å². The van der Waals surface area contributed by atoms with Crippen LogP contribution in [-0.4, -0.2) is 36.7 Å². The maximum absolute atomic E-state index is 13.0. The van der Waals surface area contributed by atoms with Gasteiger partial charge in [0.1, 0.15) is 0 Å². The third kappa shape index (κ3) is 2.44. The smallest absolute Gasteiger partial charge is 0.238 e. The van der Waals surface area contributed by atoms with Gasteiger partial charge in [-0.3, -0.25) is 19.3 Å². The molecule has 0 spiro atoms. The minimum absolute atomic E-state index is 0.0528. The van der Waals surface area contributed by atoms with Gasteiger partial charge in [-0.2, -0.15) is 0 Å². The van der Waals surface area contributed by atoms with Crippen molar-refractivity contribution in [2.24, 2.45) is 23.7 Å². The van der Waals surface area contributed by atoms with E-state index in [1.54, 1.807) is 26.2 Å². The Bertz CT molecular complexity index is 641. The monoisotopic (exact) mass is 314 g/mol. The van der Waals surface area contributed by atoms with Gasteiger partial charge in [-0.1, -0.05) is 25.1 Å². The maximum atomic E-state index is 13.0.